The first-order valence-corrected chi connectivity index (χ1v) is 7.38. The Balaban J connectivity index is 2.16. The van der Waals surface area contributed by atoms with Gasteiger partial charge in [0.05, 0.1) is 6.04 Å². The molecule has 1 aliphatic carbocycles. The van der Waals surface area contributed by atoms with Gasteiger partial charge in [-0.05, 0) is 38.3 Å². The number of anilines is 1. The molecule has 19 heavy (non-hydrogen) atoms. The Hall–Kier alpha value is -1.51. The molecule has 0 aliphatic heterocycles. The monoisotopic (exact) mass is 259 g/mol. The quantitative estimate of drug-likeness (QED) is 0.667. The van der Waals surface area contributed by atoms with Crippen LogP contribution >= 0.6 is 0 Å². The van der Waals surface area contributed by atoms with Crippen molar-refractivity contribution in [1.29, 1.82) is 0 Å². The Labute approximate surface area is 116 Å². The standard InChI is InChI=1S/C16H25N3/c1-3-19(15-12-8-7-9-13(15)2)16(17)18-14-10-5-4-6-11-14/h7-9,12,14H,3-6,10-11H2,1-2H3,(H2,17,18). The van der Waals surface area contributed by atoms with Crippen LogP contribution in [0.1, 0.15) is 44.6 Å². The summed E-state index contributed by atoms with van der Waals surface area (Å²) in [4.78, 5) is 6.86. The average molecular weight is 259 g/mol. The normalized spacial score (nSPS) is 17.5. The number of nitrogens with two attached hydrogens (primary N) is 1. The number of hydrogen-bond donors (Lipinski definition) is 1. The molecular weight excluding hydrogens is 234 g/mol. The lowest BCUT2D eigenvalue weighted by Gasteiger charge is -2.26. The van der Waals surface area contributed by atoms with Gasteiger partial charge in [0.15, 0.2) is 5.96 Å². The maximum Gasteiger partial charge on any atom is 0.196 e. The van der Waals surface area contributed by atoms with Gasteiger partial charge in [-0.25, -0.2) is 4.99 Å². The highest BCUT2D eigenvalue weighted by Crippen LogP contribution is 2.22. The smallest absolute Gasteiger partial charge is 0.196 e. The lowest BCUT2D eigenvalue weighted by molar-refractivity contribution is 0.442. The third kappa shape index (κ3) is 3.49. The van der Waals surface area contributed by atoms with Crippen molar-refractivity contribution in [1.82, 2.24) is 0 Å². The van der Waals surface area contributed by atoms with E-state index in [-0.39, 0.29) is 0 Å². The van der Waals surface area contributed by atoms with E-state index in [1.165, 1.54) is 43.4 Å². The maximum atomic E-state index is 6.24. The number of benzene rings is 1. The fourth-order valence-corrected chi connectivity index (χ4v) is 2.79. The van der Waals surface area contributed by atoms with E-state index >= 15 is 0 Å². The van der Waals surface area contributed by atoms with Crippen molar-refractivity contribution in [2.75, 3.05) is 11.4 Å². The van der Waals surface area contributed by atoms with Gasteiger partial charge >= 0.3 is 0 Å². The van der Waals surface area contributed by atoms with Crippen molar-refractivity contribution in [3.63, 3.8) is 0 Å². The fraction of sp³-hybridized carbons (Fsp3) is 0.562. The van der Waals surface area contributed by atoms with Crippen molar-refractivity contribution in [2.45, 2.75) is 52.0 Å². The van der Waals surface area contributed by atoms with Crippen molar-refractivity contribution in [2.24, 2.45) is 10.7 Å². The Morgan fingerprint density at radius 1 is 1.26 bits per heavy atom. The summed E-state index contributed by atoms with van der Waals surface area (Å²) in [5.74, 6) is 0.670. The van der Waals surface area contributed by atoms with Crippen LogP contribution in [-0.4, -0.2) is 18.5 Å². The van der Waals surface area contributed by atoms with Crippen molar-refractivity contribution in [3.8, 4) is 0 Å². The number of rotatable bonds is 3. The number of guanidine groups is 1. The molecule has 0 atom stereocenters. The van der Waals surface area contributed by atoms with Crippen molar-refractivity contribution >= 4 is 11.6 Å². The van der Waals surface area contributed by atoms with Crippen LogP contribution in [0.25, 0.3) is 0 Å². The van der Waals surface area contributed by atoms with Gasteiger partial charge in [0.2, 0.25) is 0 Å². The van der Waals surface area contributed by atoms with Crippen LogP contribution in [0.4, 0.5) is 5.69 Å². The van der Waals surface area contributed by atoms with Crippen LogP contribution in [0.2, 0.25) is 0 Å². The van der Waals surface area contributed by atoms with E-state index in [2.05, 4.69) is 43.0 Å². The molecule has 1 saturated carbocycles. The minimum atomic E-state index is 0.423. The fourth-order valence-electron chi connectivity index (χ4n) is 2.79. The van der Waals surface area contributed by atoms with E-state index in [0.29, 0.717) is 12.0 Å². The van der Waals surface area contributed by atoms with Crippen LogP contribution in [-0.2, 0) is 0 Å². The van der Waals surface area contributed by atoms with E-state index in [4.69, 9.17) is 10.7 Å². The van der Waals surface area contributed by atoms with E-state index in [0.717, 1.165) is 6.54 Å². The highest BCUT2D eigenvalue weighted by Gasteiger charge is 2.16. The molecule has 0 amide bonds. The van der Waals surface area contributed by atoms with Crippen molar-refractivity contribution in [3.05, 3.63) is 29.8 Å². The highest BCUT2D eigenvalue weighted by atomic mass is 15.3. The summed E-state index contributed by atoms with van der Waals surface area (Å²) >= 11 is 0. The zero-order valence-corrected chi connectivity index (χ0v) is 12.1. The molecule has 104 valence electrons. The maximum absolute atomic E-state index is 6.24. The largest absolute Gasteiger partial charge is 0.370 e. The molecule has 1 fully saturated rings. The van der Waals surface area contributed by atoms with Crippen LogP contribution in [0.15, 0.2) is 29.3 Å². The van der Waals surface area contributed by atoms with Crippen molar-refractivity contribution < 1.29 is 0 Å². The Kier molecular flexibility index (Phi) is 4.83. The summed E-state index contributed by atoms with van der Waals surface area (Å²) in [6, 6.07) is 8.76. The van der Waals surface area contributed by atoms with Gasteiger partial charge in [-0.2, -0.15) is 0 Å². The molecule has 2 N–H and O–H groups in total. The molecule has 3 heteroatoms. The predicted molar refractivity (Wildman–Crippen MR) is 82.7 cm³/mol. The Morgan fingerprint density at radius 2 is 1.95 bits per heavy atom. The molecule has 0 radical (unpaired) electrons. The summed E-state index contributed by atoms with van der Waals surface area (Å²) in [5, 5.41) is 0. The molecule has 2 rings (SSSR count). The average Bonchev–Trinajstić information content (AvgIpc) is 2.43. The number of aryl methyl sites for hydroxylation is 1. The van der Waals surface area contributed by atoms with Gasteiger partial charge in [-0.1, -0.05) is 37.5 Å². The second-order valence-electron chi connectivity index (χ2n) is 5.31. The molecule has 0 heterocycles. The van der Waals surface area contributed by atoms with E-state index in [1.54, 1.807) is 0 Å². The second kappa shape index (κ2) is 6.60. The summed E-state index contributed by atoms with van der Waals surface area (Å²) < 4.78 is 0. The number of aliphatic imine (C=N–C) groups is 1. The lowest BCUT2D eigenvalue weighted by Crippen LogP contribution is -2.39. The van der Waals surface area contributed by atoms with E-state index < -0.39 is 0 Å². The number of para-hydroxylation sites is 1. The Morgan fingerprint density at radius 3 is 2.58 bits per heavy atom. The molecule has 0 bridgehead atoms. The SMILES string of the molecule is CCN(C(N)=NC1CCCCC1)c1ccccc1C. The van der Waals surface area contributed by atoms with E-state index in [1.807, 2.05) is 0 Å². The van der Waals surface area contributed by atoms with Gasteiger partial charge in [-0.15, -0.1) is 0 Å². The predicted octanol–water partition coefficient (Wildman–Crippen LogP) is 3.47. The minimum Gasteiger partial charge on any atom is -0.370 e. The summed E-state index contributed by atoms with van der Waals surface area (Å²) in [6.45, 7) is 5.09. The first kappa shape index (κ1) is 13.9. The highest BCUT2D eigenvalue weighted by molar-refractivity contribution is 5.95. The topological polar surface area (TPSA) is 41.6 Å². The zero-order chi connectivity index (χ0) is 13.7. The molecule has 0 aromatic heterocycles. The molecule has 1 aromatic carbocycles. The second-order valence-corrected chi connectivity index (χ2v) is 5.31. The molecule has 0 spiro atoms. The minimum absolute atomic E-state index is 0.423. The van der Waals surface area contributed by atoms with Gasteiger partial charge in [-0.3, -0.25) is 0 Å². The van der Waals surface area contributed by atoms with E-state index in [9.17, 15) is 0 Å². The first-order chi connectivity index (χ1) is 9.22. The lowest BCUT2D eigenvalue weighted by atomic mass is 9.96. The molecule has 1 aliphatic rings. The third-order valence-corrected chi connectivity index (χ3v) is 3.89. The molecule has 0 saturated heterocycles. The van der Waals surface area contributed by atoms with Gasteiger partial charge in [0.1, 0.15) is 0 Å². The third-order valence-electron chi connectivity index (χ3n) is 3.89. The van der Waals surface area contributed by atoms with Gasteiger partial charge in [0, 0.05) is 12.2 Å². The number of nitrogens with zero attached hydrogens (tertiary/aromatic N) is 2. The van der Waals surface area contributed by atoms with Crippen LogP contribution < -0.4 is 10.6 Å². The van der Waals surface area contributed by atoms with Gasteiger partial charge in [0.25, 0.3) is 0 Å². The molecule has 0 unspecified atom stereocenters. The summed E-state index contributed by atoms with van der Waals surface area (Å²) in [5.41, 5.74) is 8.65. The summed E-state index contributed by atoms with van der Waals surface area (Å²) in [6.07, 6.45) is 6.30. The van der Waals surface area contributed by atoms with Crippen LogP contribution in [0.5, 0.6) is 0 Å². The number of hydrogen-bond acceptors (Lipinski definition) is 1. The zero-order valence-electron chi connectivity index (χ0n) is 12.1. The molecular formula is C16H25N3. The first-order valence-electron chi connectivity index (χ1n) is 7.38. The molecule has 3 nitrogen and oxygen atoms in total. The molecule has 1 aromatic rings. The van der Waals surface area contributed by atoms with Gasteiger partial charge < -0.3 is 10.6 Å². The Bertz CT molecular complexity index is 433. The van der Waals surface area contributed by atoms with Crippen LogP contribution in [0.3, 0.4) is 0 Å². The summed E-state index contributed by atoms with van der Waals surface area (Å²) in [7, 11) is 0. The van der Waals surface area contributed by atoms with Crippen LogP contribution in [0, 0.1) is 6.92 Å².